The maximum atomic E-state index is 11.8. The summed E-state index contributed by atoms with van der Waals surface area (Å²) in [5.41, 5.74) is 0. The zero-order chi connectivity index (χ0) is 15.2. The van der Waals surface area contributed by atoms with Gasteiger partial charge in [0.05, 0.1) is 12.8 Å². The lowest BCUT2D eigenvalue weighted by Gasteiger charge is -2.13. The van der Waals surface area contributed by atoms with Gasteiger partial charge in [-0.3, -0.25) is 10.1 Å². The zero-order valence-electron chi connectivity index (χ0n) is 11.7. The third kappa shape index (κ3) is 4.37. The molecule has 21 heavy (non-hydrogen) atoms. The van der Waals surface area contributed by atoms with Crippen molar-refractivity contribution in [1.29, 1.82) is 0 Å². The van der Waals surface area contributed by atoms with Crippen LogP contribution in [0.3, 0.4) is 0 Å². The molecule has 0 saturated carbocycles. The highest BCUT2D eigenvalue weighted by Crippen LogP contribution is 2.06. The molecular weight excluding hydrogens is 276 g/mol. The van der Waals surface area contributed by atoms with Crippen LogP contribution in [0, 0.1) is 6.92 Å². The summed E-state index contributed by atoms with van der Waals surface area (Å²) in [5.74, 6) is 1.18. The van der Waals surface area contributed by atoms with Gasteiger partial charge in [0.2, 0.25) is 5.91 Å². The average molecular weight is 292 g/mol. The molecule has 2 heterocycles. The molecule has 0 fully saturated rings. The Bertz CT molecular complexity index is 605. The summed E-state index contributed by atoms with van der Waals surface area (Å²) >= 11 is 0. The lowest BCUT2D eigenvalue weighted by atomic mass is 10.3. The monoisotopic (exact) mass is 292 g/mol. The minimum absolute atomic E-state index is 0.266. The molecule has 112 valence electrons. The zero-order valence-corrected chi connectivity index (χ0v) is 11.7. The first kappa shape index (κ1) is 14.6. The molecule has 0 aromatic carbocycles. The molecule has 0 aliphatic heterocycles. The van der Waals surface area contributed by atoms with Crippen LogP contribution < -0.4 is 16.0 Å². The van der Waals surface area contributed by atoms with E-state index < -0.39 is 12.1 Å². The number of anilines is 1. The van der Waals surface area contributed by atoms with E-state index in [1.807, 2.05) is 0 Å². The van der Waals surface area contributed by atoms with Gasteiger partial charge < -0.3 is 19.6 Å². The van der Waals surface area contributed by atoms with Crippen LogP contribution in [-0.2, 0) is 11.3 Å². The fraction of sp³-hybridized carbons (Fsp3) is 0.308. The van der Waals surface area contributed by atoms with Gasteiger partial charge in [-0.15, -0.1) is 0 Å². The van der Waals surface area contributed by atoms with Crippen molar-refractivity contribution in [3.05, 3.63) is 36.0 Å². The Hall–Kier alpha value is -2.77. The Morgan fingerprint density at radius 1 is 1.43 bits per heavy atom. The van der Waals surface area contributed by atoms with Gasteiger partial charge in [-0.2, -0.15) is 0 Å². The van der Waals surface area contributed by atoms with E-state index in [-0.39, 0.29) is 18.3 Å². The summed E-state index contributed by atoms with van der Waals surface area (Å²) < 4.78 is 9.91. The average Bonchev–Trinajstić information content (AvgIpc) is 3.07. The number of rotatable bonds is 5. The van der Waals surface area contributed by atoms with E-state index in [0.717, 1.165) is 0 Å². The van der Waals surface area contributed by atoms with Crippen molar-refractivity contribution in [2.75, 3.05) is 5.32 Å². The van der Waals surface area contributed by atoms with Crippen LogP contribution in [0.15, 0.2) is 33.4 Å². The van der Waals surface area contributed by atoms with Crippen LogP contribution >= 0.6 is 0 Å². The maximum absolute atomic E-state index is 11.8. The molecule has 0 aliphatic carbocycles. The van der Waals surface area contributed by atoms with Crippen molar-refractivity contribution in [1.82, 2.24) is 15.8 Å². The summed E-state index contributed by atoms with van der Waals surface area (Å²) in [6.07, 6.45) is 1.52. The molecule has 2 aromatic heterocycles. The fourth-order valence-electron chi connectivity index (χ4n) is 1.58. The highest BCUT2D eigenvalue weighted by Gasteiger charge is 2.16. The summed E-state index contributed by atoms with van der Waals surface area (Å²) in [5, 5.41) is 11.2. The van der Waals surface area contributed by atoms with Crippen molar-refractivity contribution >= 4 is 17.8 Å². The Labute approximate surface area is 120 Å². The largest absolute Gasteiger partial charge is 0.467 e. The van der Waals surface area contributed by atoms with E-state index in [1.165, 1.54) is 6.26 Å². The third-order valence-corrected chi connectivity index (χ3v) is 2.63. The third-order valence-electron chi connectivity index (χ3n) is 2.63. The highest BCUT2D eigenvalue weighted by atomic mass is 16.5. The lowest BCUT2D eigenvalue weighted by molar-refractivity contribution is -0.122. The number of amides is 3. The topological polar surface area (TPSA) is 109 Å². The molecule has 0 unspecified atom stereocenters. The van der Waals surface area contributed by atoms with E-state index in [2.05, 4.69) is 21.1 Å². The van der Waals surface area contributed by atoms with E-state index in [4.69, 9.17) is 8.94 Å². The Morgan fingerprint density at radius 2 is 2.24 bits per heavy atom. The molecule has 0 aliphatic rings. The van der Waals surface area contributed by atoms with Crippen molar-refractivity contribution in [3.63, 3.8) is 0 Å². The standard InChI is InChI=1S/C13H16N4O4/c1-8-6-11(17-21-8)16-13(19)15-9(2)12(18)14-7-10-4-3-5-20-10/h3-6,9H,7H2,1-2H3,(H,14,18)(H2,15,16,17,19)/t9-/m0/s1. The molecule has 3 amide bonds. The Morgan fingerprint density at radius 3 is 2.86 bits per heavy atom. The molecule has 2 aromatic rings. The number of hydrogen-bond acceptors (Lipinski definition) is 5. The molecule has 3 N–H and O–H groups in total. The van der Waals surface area contributed by atoms with E-state index in [9.17, 15) is 9.59 Å². The molecule has 2 rings (SSSR count). The van der Waals surface area contributed by atoms with Gasteiger partial charge >= 0.3 is 6.03 Å². The SMILES string of the molecule is Cc1cc(NC(=O)N[C@@H](C)C(=O)NCc2ccco2)no1. The quantitative estimate of drug-likeness (QED) is 0.771. The van der Waals surface area contributed by atoms with E-state index >= 15 is 0 Å². The first-order valence-electron chi connectivity index (χ1n) is 6.35. The van der Waals surface area contributed by atoms with Crippen LogP contribution in [0.5, 0.6) is 0 Å². The predicted octanol–water partition coefficient (Wildman–Crippen LogP) is 1.40. The number of furan rings is 1. The summed E-state index contributed by atoms with van der Waals surface area (Å²) in [6.45, 7) is 3.55. The number of nitrogens with one attached hydrogen (secondary N) is 3. The predicted molar refractivity (Wildman–Crippen MR) is 73.4 cm³/mol. The summed E-state index contributed by atoms with van der Waals surface area (Å²) in [4.78, 5) is 23.5. The minimum atomic E-state index is -0.701. The Kier molecular flexibility index (Phi) is 4.60. The molecule has 8 nitrogen and oxygen atoms in total. The molecule has 0 spiro atoms. The number of aryl methyl sites for hydroxylation is 1. The number of aromatic nitrogens is 1. The molecular formula is C13H16N4O4. The van der Waals surface area contributed by atoms with Crippen LogP contribution in [0.4, 0.5) is 10.6 Å². The van der Waals surface area contributed by atoms with Gasteiger partial charge in [0.15, 0.2) is 5.82 Å². The molecule has 0 bridgehead atoms. The van der Waals surface area contributed by atoms with Gasteiger partial charge in [-0.05, 0) is 26.0 Å². The molecule has 0 radical (unpaired) electrons. The maximum Gasteiger partial charge on any atom is 0.321 e. The molecule has 0 saturated heterocycles. The van der Waals surface area contributed by atoms with Crippen LogP contribution in [0.2, 0.25) is 0 Å². The number of carbonyl (C=O) groups is 2. The summed E-state index contributed by atoms with van der Waals surface area (Å²) in [7, 11) is 0. The van der Waals surface area contributed by atoms with Crippen LogP contribution in [-0.4, -0.2) is 23.1 Å². The van der Waals surface area contributed by atoms with Crippen LogP contribution in [0.1, 0.15) is 18.4 Å². The van der Waals surface area contributed by atoms with Crippen LogP contribution in [0.25, 0.3) is 0 Å². The second kappa shape index (κ2) is 6.60. The highest BCUT2D eigenvalue weighted by molar-refractivity contribution is 5.92. The fourth-order valence-corrected chi connectivity index (χ4v) is 1.58. The number of carbonyl (C=O) groups excluding carboxylic acids is 2. The number of hydrogen-bond donors (Lipinski definition) is 3. The number of urea groups is 1. The summed E-state index contributed by atoms with van der Waals surface area (Å²) in [6, 6.07) is 3.81. The van der Waals surface area contributed by atoms with Gasteiger partial charge in [0, 0.05) is 6.07 Å². The van der Waals surface area contributed by atoms with Gasteiger partial charge in [0.25, 0.3) is 0 Å². The van der Waals surface area contributed by atoms with Crippen molar-refractivity contribution in [3.8, 4) is 0 Å². The van der Waals surface area contributed by atoms with E-state index in [1.54, 1.807) is 32.0 Å². The van der Waals surface area contributed by atoms with Crippen molar-refractivity contribution in [2.45, 2.75) is 26.4 Å². The first-order valence-corrected chi connectivity index (χ1v) is 6.35. The van der Waals surface area contributed by atoms with Crippen molar-refractivity contribution in [2.24, 2.45) is 0 Å². The van der Waals surface area contributed by atoms with Gasteiger partial charge in [-0.25, -0.2) is 4.79 Å². The molecule has 8 heteroatoms. The van der Waals surface area contributed by atoms with Gasteiger partial charge in [0.1, 0.15) is 17.6 Å². The second-order valence-electron chi connectivity index (χ2n) is 4.44. The van der Waals surface area contributed by atoms with E-state index in [0.29, 0.717) is 11.5 Å². The number of nitrogens with zero attached hydrogens (tertiary/aromatic N) is 1. The lowest BCUT2D eigenvalue weighted by Crippen LogP contribution is -2.46. The Balaban J connectivity index is 1.75. The molecule has 1 atom stereocenters. The van der Waals surface area contributed by atoms with Crippen molar-refractivity contribution < 1.29 is 18.5 Å². The van der Waals surface area contributed by atoms with Gasteiger partial charge in [-0.1, -0.05) is 5.16 Å². The minimum Gasteiger partial charge on any atom is -0.467 e. The first-order chi connectivity index (χ1) is 10.0. The normalized spacial score (nSPS) is 11.7. The second-order valence-corrected chi connectivity index (χ2v) is 4.44. The smallest absolute Gasteiger partial charge is 0.321 e.